The Morgan fingerprint density at radius 2 is 2.00 bits per heavy atom. The van der Waals surface area contributed by atoms with Crippen molar-refractivity contribution in [2.75, 3.05) is 26.2 Å². The van der Waals surface area contributed by atoms with Crippen LogP contribution in [0.4, 0.5) is 4.39 Å². The van der Waals surface area contributed by atoms with Crippen LogP contribution in [0.2, 0.25) is 0 Å². The lowest BCUT2D eigenvalue weighted by Gasteiger charge is -2.40. The van der Waals surface area contributed by atoms with Gasteiger partial charge >= 0.3 is 0 Å². The van der Waals surface area contributed by atoms with Crippen molar-refractivity contribution in [1.82, 2.24) is 10.2 Å². The number of aryl methyl sites for hydroxylation is 1. The average molecular weight is 238 g/mol. The molecule has 1 aromatic carbocycles. The van der Waals surface area contributed by atoms with Crippen LogP contribution in [0.5, 0.6) is 0 Å². The second-order valence-corrected chi connectivity index (χ2v) is 4.74. The summed E-state index contributed by atoms with van der Waals surface area (Å²) in [5.74, 6) is -0.348. The first-order chi connectivity index (χ1) is 8.01. The van der Waals surface area contributed by atoms with E-state index in [1.54, 1.807) is 19.1 Å². The summed E-state index contributed by atoms with van der Waals surface area (Å²) < 4.78 is 13.8. The molecule has 1 aliphatic heterocycles. The molecule has 0 radical (unpaired) electrons. The van der Waals surface area contributed by atoms with E-state index in [1.165, 1.54) is 6.07 Å². The fourth-order valence-corrected chi connectivity index (χ4v) is 2.27. The second-order valence-electron chi connectivity index (χ2n) is 4.74. The van der Waals surface area contributed by atoms with Gasteiger partial charge in [-0.1, -0.05) is 11.6 Å². The van der Waals surface area contributed by atoms with Crippen molar-refractivity contribution in [3.05, 3.63) is 35.1 Å². The van der Waals surface area contributed by atoms with E-state index in [1.807, 2.05) is 11.8 Å². The molecule has 2 rings (SSSR count). The van der Waals surface area contributed by atoms with Gasteiger partial charge < -0.3 is 10.4 Å². The molecule has 1 heterocycles. The van der Waals surface area contributed by atoms with E-state index in [9.17, 15) is 9.50 Å². The highest BCUT2D eigenvalue weighted by Gasteiger charge is 2.34. The lowest BCUT2D eigenvalue weighted by Crippen LogP contribution is -2.53. The smallest absolute Gasteiger partial charge is 0.144 e. The van der Waals surface area contributed by atoms with Crippen molar-refractivity contribution >= 4 is 0 Å². The third-order valence-corrected chi connectivity index (χ3v) is 3.36. The van der Waals surface area contributed by atoms with Gasteiger partial charge in [-0.2, -0.15) is 0 Å². The summed E-state index contributed by atoms with van der Waals surface area (Å²) >= 11 is 0. The normalized spacial score (nSPS) is 21.2. The monoisotopic (exact) mass is 238 g/mol. The molecule has 0 saturated carbocycles. The van der Waals surface area contributed by atoms with Gasteiger partial charge in [-0.05, 0) is 26.0 Å². The molecular formula is C13H19FN2O. The Balaban J connectivity index is 2.32. The summed E-state index contributed by atoms with van der Waals surface area (Å²) in [5.41, 5.74) is 0.0780. The number of benzene rings is 1. The van der Waals surface area contributed by atoms with Crippen molar-refractivity contribution < 1.29 is 9.50 Å². The van der Waals surface area contributed by atoms with Gasteiger partial charge in [0.2, 0.25) is 0 Å². The van der Waals surface area contributed by atoms with Gasteiger partial charge in [0, 0.05) is 31.7 Å². The summed E-state index contributed by atoms with van der Waals surface area (Å²) in [6.45, 7) is 6.65. The van der Waals surface area contributed by atoms with Gasteiger partial charge in [0.1, 0.15) is 11.5 Å². The van der Waals surface area contributed by atoms with Gasteiger partial charge in [0.05, 0.1) is 0 Å². The largest absolute Gasteiger partial charge is 0.372 e. The summed E-state index contributed by atoms with van der Waals surface area (Å²) in [7, 11) is 0. The zero-order valence-electron chi connectivity index (χ0n) is 10.3. The first-order valence-electron chi connectivity index (χ1n) is 5.96. The molecule has 0 spiro atoms. The standard InChI is InChI=1S/C13H19FN2O/c1-10-3-4-12(14)11(9-10)13(2,17)16-7-5-15-6-8-16/h3-4,9,15,17H,5-8H2,1-2H3. The van der Waals surface area contributed by atoms with Crippen molar-refractivity contribution in [2.24, 2.45) is 0 Å². The Hall–Kier alpha value is -0.970. The van der Waals surface area contributed by atoms with Gasteiger partial charge in [-0.3, -0.25) is 4.90 Å². The number of rotatable bonds is 2. The highest BCUT2D eigenvalue weighted by molar-refractivity contribution is 5.28. The molecule has 1 aliphatic rings. The van der Waals surface area contributed by atoms with Crippen molar-refractivity contribution in [3.63, 3.8) is 0 Å². The molecule has 0 aromatic heterocycles. The highest BCUT2D eigenvalue weighted by Crippen LogP contribution is 2.28. The van der Waals surface area contributed by atoms with Crippen LogP contribution >= 0.6 is 0 Å². The Bertz CT molecular complexity index is 400. The third kappa shape index (κ3) is 2.49. The number of hydrogen-bond acceptors (Lipinski definition) is 3. The maximum absolute atomic E-state index is 13.8. The van der Waals surface area contributed by atoms with Crippen LogP contribution in [-0.2, 0) is 5.72 Å². The minimum atomic E-state index is -1.24. The van der Waals surface area contributed by atoms with E-state index in [0.29, 0.717) is 5.56 Å². The van der Waals surface area contributed by atoms with E-state index >= 15 is 0 Å². The van der Waals surface area contributed by atoms with Crippen molar-refractivity contribution in [1.29, 1.82) is 0 Å². The number of aliphatic hydroxyl groups is 1. The lowest BCUT2D eigenvalue weighted by atomic mass is 9.99. The summed E-state index contributed by atoms with van der Waals surface area (Å²) in [6.07, 6.45) is 0. The summed E-state index contributed by atoms with van der Waals surface area (Å²) in [4.78, 5) is 1.90. The zero-order valence-corrected chi connectivity index (χ0v) is 10.3. The highest BCUT2D eigenvalue weighted by atomic mass is 19.1. The van der Waals surface area contributed by atoms with E-state index in [4.69, 9.17) is 0 Å². The topological polar surface area (TPSA) is 35.5 Å². The maximum atomic E-state index is 13.8. The molecule has 1 fully saturated rings. The van der Waals surface area contributed by atoms with Crippen LogP contribution in [0, 0.1) is 12.7 Å². The molecule has 94 valence electrons. The van der Waals surface area contributed by atoms with Gasteiger partial charge in [0.25, 0.3) is 0 Å². The Kier molecular flexibility index (Phi) is 3.47. The molecule has 2 N–H and O–H groups in total. The number of halogens is 1. The first kappa shape index (κ1) is 12.5. The quantitative estimate of drug-likeness (QED) is 0.813. The maximum Gasteiger partial charge on any atom is 0.144 e. The van der Waals surface area contributed by atoms with Gasteiger partial charge in [-0.25, -0.2) is 4.39 Å². The van der Waals surface area contributed by atoms with Crippen molar-refractivity contribution in [3.8, 4) is 0 Å². The molecule has 17 heavy (non-hydrogen) atoms. The number of nitrogens with zero attached hydrogens (tertiary/aromatic N) is 1. The molecule has 1 atom stereocenters. The predicted octanol–water partition coefficient (Wildman–Crippen LogP) is 1.20. The average Bonchev–Trinajstić information content (AvgIpc) is 2.33. The molecule has 1 aromatic rings. The minimum absolute atomic E-state index is 0.348. The summed E-state index contributed by atoms with van der Waals surface area (Å²) in [6, 6.07) is 4.85. The van der Waals surface area contributed by atoms with E-state index in [2.05, 4.69) is 5.32 Å². The SMILES string of the molecule is Cc1ccc(F)c(C(C)(O)N2CCNCC2)c1. The van der Waals surface area contributed by atoms with Gasteiger partial charge in [-0.15, -0.1) is 0 Å². The zero-order chi connectivity index (χ0) is 12.5. The Morgan fingerprint density at radius 1 is 1.35 bits per heavy atom. The second kappa shape index (κ2) is 4.72. The fourth-order valence-electron chi connectivity index (χ4n) is 2.27. The van der Waals surface area contributed by atoms with Crippen LogP contribution in [-0.4, -0.2) is 36.2 Å². The molecular weight excluding hydrogens is 219 g/mol. The van der Waals surface area contributed by atoms with Crippen LogP contribution < -0.4 is 5.32 Å². The van der Waals surface area contributed by atoms with Crippen LogP contribution in [0.1, 0.15) is 18.1 Å². The first-order valence-corrected chi connectivity index (χ1v) is 5.96. The molecule has 1 unspecified atom stereocenters. The number of piperazine rings is 1. The van der Waals surface area contributed by atoms with E-state index in [-0.39, 0.29) is 5.82 Å². The van der Waals surface area contributed by atoms with E-state index in [0.717, 1.165) is 31.7 Å². The minimum Gasteiger partial charge on any atom is -0.372 e. The third-order valence-electron chi connectivity index (χ3n) is 3.36. The lowest BCUT2D eigenvalue weighted by molar-refractivity contribution is -0.107. The van der Waals surface area contributed by atoms with Gasteiger partial charge in [0.15, 0.2) is 0 Å². The molecule has 0 bridgehead atoms. The van der Waals surface area contributed by atoms with Crippen LogP contribution in [0.3, 0.4) is 0 Å². The van der Waals surface area contributed by atoms with Crippen molar-refractivity contribution in [2.45, 2.75) is 19.6 Å². The number of nitrogens with one attached hydrogen (secondary N) is 1. The molecule has 4 heteroatoms. The van der Waals surface area contributed by atoms with Crippen LogP contribution in [0.15, 0.2) is 18.2 Å². The predicted molar refractivity (Wildman–Crippen MR) is 65.2 cm³/mol. The molecule has 3 nitrogen and oxygen atoms in total. The Labute approximate surface area is 101 Å². The number of hydrogen-bond donors (Lipinski definition) is 2. The Morgan fingerprint density at radius 3 is 2.65 bits per heavy atom. The van der Waals surface area contributed by atoms with E-state index < -0.39 is 5.72 Å². The van der Waals surface area contributed by atoms with Crippen LogP contribution in [0.25, 0.3) is 0 Å². The fraction of sp³-hybridized carbons (Fsp3) is 0.538. The molecule has 0 amide bonds. The summed E-state index contributed by atoms with van der Waals surface area (Å²) in [5, 5.41) is 13.8. The molecule has 1 saturated heterocycles. The molecule has 0 aliphatic carbocycles.